The fourth-order valence-electron chi connectivity index (χ4n) is 2.70. The van der Waals surface area contributed by atoms with Crippen molar-refractivity contribution in [2.24, 2.45) is 4.99 Å². The van der Waals surface area contributed by atoms with Gasteiger partial charge in [-0.3, -0.25) is 0 Å². The summed E-state index contributed by atoms with van der Waals surface area (Å²) in [6.07, 6.45) is 0.633. The van der Waals surface area contributed by atoms with Gasteiger partial charge < -0.3 is 10.1 Å². The van der Waals surface area contributed by atoms with E-state index in [-0.39, 0.29) is 5.75 Å². The van der Waals surface area contributed by atoms with Crippen LogP contribution in [-0.4, -0.2) is 15.8 Å². The number of hydrogen-bond acceptors (Lipinski definition) is 2. The minimum Gasteiger partial charge on any atom is -0.505 e. The molecule has 0 unspecified atom stereocenters. The second kappa shape index (κ2) is 4.52. The third-order valence-corrected chi connectivity index (χ3v) is 4.34. The second-order valence-corrected chi connectivity index (χ2v) is 5.81. The molecular formula is C16H10Cl2N2O. The van der Waals surface area contributed by atoms with E-state index in [9.17, 15) is 5.11 Å². The van der Waals surface area contributed by atoms with E-state index in [1.165, 1.54) is 0 Å². The predicted octanol–water partition coefficient (Wildman–Crippen LogP) is 4.86. The van der Waals surface area contributed by atoms with Crippen molar-refractivity contribution in [3.8, 4) is 5.75 Å². The molecule has 1 aliphatic rings. The molecule has 0 fully saturated rings. The van der Waals surface area contributed by atoms with E-state index in [4.69, 9.17) is 23.2 Å². The van der Waals surface area contributed by atoms with Crippen LogP contribution in [0.3, 0.4) is 0 Å². The number of fused-ring (bicyclic) bond motifs is 2. The molecule has 104 valence electrons. The highest BCUT2D eigenvalue weighted by molar-refractivity contribution is 6.36. The summed E-state index contributed by atoms with van der Waals surface area (Å²) in [6, 6.07) is 11.1. The molecule has 21 heavy (non-hydrogen) atoms. The lowest BCUT2D eigenvalue weighted by atomic mass is 10.1. The van der Waals surface area contributed by atoms with E-state index in [1.807, 2.05) is 30.3 Å². The number of aliphatic imine (C=N–C) groups is 1. The Bertz CT molecular complexity index is 912. The standard InChI is InChI=1S/C16H10Cl2N2O/c17-10-5-1-3-8-7-12(19-13(8)10)15-16(21)9-4-2-6-11(18)14(9)20-15/h1-6,20-21H,7H2. The van der Waals surface area contributed by atoms with Crippen molar-refractivity contribution in [1.82, 2.24) is 4.98 Å². The zero-order chi connectivity index (χ0) is 14.6. The van der Waals surface area contributed by atoms with Crippen LogP contribution in [0.5, 0.6) is 5.75 Å². The van der Waals surface area contributed by atoms with Crippen LogP contribution in [-0.2, 0) is 6.42 Å². The average molecular weight is 317 g/mol. The van der Waals surface area contributed by atoms with Gasteiger partial charge in [0.2, 0.25) is 0 Å². The zero-order valence-corrected chi connectivity index (χ0v) is 12.3. The number of H-pyrrole nitrogens is 1. The smallest absolute Gasteiger partial charge is 0.150 e. The Kier molecular flexibility index (Phi) is 2.74. The summed E-state index contributed by atoms with van der Waals surface area (Å²) in [5.74, 6) is 0.176. The molecule has 2 heterocycles. The lowest BCUT2D eigenvalue weighted by Crippen LogP contribution is -2.00. The van der Waals surface area contributed by atoms with Gasteiger partial charge in [0.15, 0.2) is 0 Å². The predicted molar refractivity (Wildman–Crippen MR) is 86.3 cm³/mol. The summed E-state index contributed by atoms with van der Waals surface area (Å²) < 4.78 is 0. The fourth-order valence-corrected chi connectivity index (χ4v) is 3.16. The maximum absolute atomic E-state index is 10.4. The molecule has 0 radical (unpaired) electrons. The van der Waals surface area contributed by atoms with Crippen LogP contribution in [0, 0.1) is 0 Å². The number of halogens is 2. The first-order valence-electron chi connectivity index (χ1n) is 6.49. The summed E-state index contributed by atoms with van der Waals surface area (Å²) in [7, 11) is 0. The summed E-state index contributed by atoms with van der Waals surface area (Å²) in [5.41, 5.74) is 3.92. The molecule has 4 rings (SSSR count). The van der Waals surface area contributed by atoms with Gasteiger partial charge in [-0.05, 0) is 23.8 Å². The minimum absolute atomic E-state index is 0.176. The maximum atomic E-state index is 10.4. The molecular weight excluding hydrogens is 307 g/mol. The lowest BCUT2D eigenvalue weighted by Gasteiger charge is -1.97. The molecule has 0 amide bonds. The van der Waals surface area contributed by atoms with Gasteiger partial charge in [-0.25, -0.2) is 4.99 Å². The van der Waals surface area contributed by atoms with Crippen molar-refractivity contribution in [2.75, 3.05) is 0 Å². The largest absolute Gasteiger partial charge is 0.505 e. The Morgan fingerprint density at radius 2 is 1.81 bits per heavy atom. The molecule has 3 aromatic rings. The number of para-hydroxylation sites is 2. The maximum Gasteiger partial charge on any atom is 0.150 e. The van der Waals surface area contributed by atoms with Gasteiger partial charge in [0.25, 0.3) is 0 Å². The molecule has 0 spiro atoms. The van der Waals surface area contributed by atoms with Crippen molar-refractivity contribution >= 4 is 45.5 Å². The van der Waals surface area contributed by atoms with Gasteiger partial charge in [-0.2, -0.15) is 0 Å². The van der Waals surface area contributed by atoms with Crippen LogP contribution in [0.25, 0.3) is 10.9 Å². The summed E-state index contributed by atoms with van der Waals surface area (Å²) in [6.45, 7) is 0. The van der Waals surface area contributed by atoms with Crippen molar-refractivity contribution in [3.63, 3.8) is 0 Å². The van der Waals surface area contributed by atoms with Crippen molar-refractivity contribution in [2.45, 2.75) is 6.42 Å². The van der Waals surface area contributed by atoms with E-state index in [0.29, 0.717) is 27.5 Å². The highest BCUT2D eigenvalue weighted by atomic mass is 35.5. The van der Waals surface area contributed by atoms with Gasteiger partial charge in [-0.15, -0.1) is 0 Å². The van der Waals surface area contributed by atoms with E-state index in [2.05, 4.69) is 9.98 Å². The Balaban J connectivity index is 1.90. The molecule has 1 aromatic heterocycles. The minimum atomic E-state index is 0.176. The molecule has 0 atom stereocenters. The number of aromatic hydroxyl groups is 1. The average Bonchev–Trinajstić information content (AvgIpc) is 3.03. The van der Waals surface area contributed by atoms with Crippen LogP contribution in [0.1, 0.15) is 11.3 Å². The highest BCUT2D eigenvalue weighted by Gasteiger charge is 2.23. The van der Waals surface area contributed by atoms with Crippen LogP contribution >= 0.6 is 23.2 Å². The zero-order valence-electron chi connectivity index (χ0n) is 10.8. The summed E-state index contributed by atoms with van der Waals surface area (Å²) in [5, 5.41) is 12.3. The third-order valence-electron chi connectivity index (χ3n) is 3.72. The normalized spacial score (nSPS) is 13.5. The topological polar surface area (TPSA) is 48.4 Å². The first kappa shape index (κ1) is 12.7. The van der Waals surface area contributed by atoms with Gasteiger partial charge >= 0.3 is 0 Å². The second-order valence-electron chi connectivity index (χ2n) is 4.99. The fraction of sp³-hybridized carbons (Fsp3) is 0.0625. The van der Waals surface area contributed by atoms with Crippen molar-refractivity contribution in [3.05, 3.63) is 57.7 Å². The number of nitrogens with zero attached hydrogens (tertiary/aromatic N) is 1. The van der Waals surface area contributed by atoms with E-state index < -0.39 is 0 Å². The van der Waals surface area contributed by atoms with Crippen molar-refractivity contribution in [1.29, 1.82) is 0 Å². The Morgan fingerprint density at radius 1 is 1.05 bits per heavy atom. The van der Waals surface area contributed by atoms with E-state index in [1.54, 1.807) is 6.07 Å². The highest BCUT2D eigenvalue weighted by Crippen LogP contribution is 2.39. The number of hydrogen-bond donors (Lipinski definition) is 2. The Hall–Kier alpha value is -1.97. The van der Waals surface area contributed by atoms with Gasteiger partial charge in [0, 0.05) is 11.8 Å². The van der Waals surface area contributed by atoms with Crippen LogP contribution < -0.4 is 0 Å². The van der Waals surface area contributed by atoms with Crippen LogP contribution in [0.4, 0.5) is 5.69 Å². The monoisotopic (exact) mass is 316 g/mol. The summed E-state index contributed by atoms with van der Waals surface area (Å²) in [4.78, 5) is 7.73. The number of nitrogens with one attached hydrogen (secondary N) is 1. The van der Waals surface area contributed by atoms with Crippen molar-refractivity contribution < 1.29 is 5.11 Å². The molecule has 0 bridgehead atoms. The number of aromatic amines is 1. The molecule has 5 heteroatoms. The number of aromatic nitrogens is 1. The van der Waals surface area contributed by atoms with E-state index >= 15 is 0 Å². The van der Waals surface area contributed by atoms with Crippen LogP contribution in [0.2, 0.25) is 10.0 Å². The molecule has 2 N–H and O–H groups in total. The van der Waals surface area contributed by atoms with E-state index in [0.717, 1.165) is 22.5 Å². The molecule has 3 nitrogen and oxygen atoms in total. The van der Waals surface area contributed by atoms with Gasteiger partial charge in [0.05, 0.1) is 27.0 Å². The van der Waals surface area contributed by atoms with Gasteiger partial charge in [-0.1, -0.05) is 41.4 Å². The summed E-state index contributed by atoms with van der Waals surface area (Å²) >= 11 is 12.3. The Labute approximate surface area is 130 Å². The first-order valence-corrected chi connectivity index (χ1v) is 7.25. The Morgan fingerprint density at radius 3 is 2.57 bits per heavy atom. The third kappa shape index (κ3) is 1.85. The van der Waals surface area contributed by atoms with Gasteiger partial charge in [0.1, 0.15) is 11.4 Å². The molecule has 1 aliphatic heterocycles. The molecule has 2 aromatic carbocycles. The SMILES string of the molecule is Oc1c(C2=Nc3c(Cl)cccc3C2)[nH]c2c(Cl)cccc12. The lowest BCUT2D eigenvalue weighted by molar-refractivity contribution is 0.480. The number of rotatable bonds is 1. The molecule has 0 aliphatic carbocycles. The van der Waals surface area contributed by atoms with Crippen LogP contribution in [0.15, 0.2) is 41.4 Å². The number of benzene rings is 2. The molecule has 0 saturated heterocycles. The first-order chi connectivity index (χ1) is 10.1. The molecule has 0 saturated carbocycles. The quantitative estimate of drug-likeness (QED) is 0.662.